The number of aromatic nitrogens is 2. The third-order valence-corrected chi connectivity index (χ3v) is 5.81. The van der Waals surface area contributed by atoms with Gasteiger partial charge >= 0.3 is 0 Å². The SMILES string of the molecule is C[C@H](c1nnc(-c2cccs2)o1)N1CCC[C@@H]1c1ccsc1. The molecular weight excluding hydrogens is 314 g/mol. The first-order valence-electron chi connectivity index (χ1n) is 7.48. The second-order valence-corrected chi connectivity index (χ2v) is 7.28. The van der Waals surface area contributed by atoms with Crippen molar-refractivity contribution in [1.82, 2.24) is 15.1 Å². The first kappa shape index (κ1) is 14.1. The monoisotopic (exact) mass is 331 g/mol. The van der Waals surface area contributed by atoms with E-state index in [0.717, 1.165) is 11.4 Å². The van der Waals surface area contributed by atoms with Crippen LogP contribution in [0.2, 0.25) is 0 Å². The van der Waals surface area contributed by atoms with Crippen molar-refractivity contribution in [3.8, 4) is 10.8 Å². The van der Waals surface area contributed by atoms with E-state index < -0.39 is 0 Å². The minimum atomic E-state index is 0.147. The lowest BCUT2D eigenvalue weighted by molar-refractivity contribution is 0.169. The molecule has 4 rings (SSSR count). The second-order valence-electron chi connectivity index (χ2n) is 5.55. The molecule has 22 heavy (non-hydrogen) atoms. The van der Waals surface area contributed by atoms with E-state index in [1.807, 2.05) is 17.5 Å². The van der Waals surface area contributed by atoms with E-state index in [2.05, 4.69) is 38.8 Å². The van der Waals surface area contributed by atoms with Crippen LogP contribution in [0, 0.1) is 0 Å². The Morgan fingerprint density at radius 3 is 3.05 bits per heavy atom. The van der Waals surface area contributed by atoms with Crippen molar-refractivity contribution in [2.24, 2.45) is 0 Å². The van der Waals surface area contributed by atoms with Gasteiger partial charge < -0.3 is 4.42 Å². The highest BCUT2D eigenvalue weighted by Crippen LogP contribution is 2.39. The van der Waals surface area contributed by atoms with Gasteiger partial charge in [0.15, 0.2) is 0 Å². The standard InChI is InChI=1S/C16H17N3OS2/c1-11(15-17-18-16(20-15)14-5-3-8-22-14)19-7-2-4-13(19)12-6-9-21-10-12/h3,5-6,8-11,13H,2,4,7H2,1H3/t11-,13-/m1/s1. The smallest absolute Gasteiger partial charge is 0.257 e. The number of hydrogen-bond donors (Lipinski definition) is 0. The Hall–Kier alpha value is -1.50. The third-order valence-electron chi connectivity index (χ3n) is 4.25. The Kier molecular flexibility index (Phi) is 3.82. The van der Waals surface area contributed by atoms with Crippen LogP contribution in [0.15, 0.2) is 38.8 Å². The zero-order valence-corrected chi connectivity index (χ0v) is 13.9. The number of thiophene rings is 2. The van der Waals surface area contributed by atoms with Gasteiger partial charge in [0.1, 0.15) is 0 Å². The predicted molar refractivity (Wildman–Crippen MR) is 89.0 cm³/mol. The highest BCUT2D eigenvalue weighted by molar-refractivity contribution is 7.13. The van der Waals surface area contributed by atoms with Crippen LogP contribution in [0.5, 0.6) is 0 Å². The average Bonchev–Trinajstić information content (AvgIpc) is 3.35. The summed E-state index contributed by atoms with van der Waals surface area (Å²) in [6.07, 6.45) is 2.42. The highest BCUT2D eigenvalue weighted by Gasteiger charge is 2.33. The molecule has 3 aromatic heterocycles. The Bertz CT molecular complexity index is 721. The fraction of sp³-hybridized carbons (Fsp3) is 0.375. The van der Waals surface area contributed by atoms with Crippen LogP contribution in [0.4, 0.5) is 0 Å². The Morgan fingerprint density at radius 2 is 2.27 bits per heavy atom. The van der Waals surface area contributed by atoms with Crippen molar-refractivity contribution < 1.29 is 4.42 Å². The van der Waals surface area contributed by atoms with Gasteiger partial charge in [-0.3, -0.25) is 4.90 Å². The first-order chi connectivity index (χ1) is 10.8. The van der Waals surface area contributed by atoms with Crippen molar-refractivity contribution in [2.45, 2.75) is 31.8 Å². The van der Waals surface area contributed by atoms with E-state index in [-0.39, 0.29) is 6.04 Å². The lowest BCUT2D eigenvalue weighted by Crippen LogP contribution is -2.26. The van der Waals surface area contributed by atoms with E-state index in [1.165, 1.54) is 18.4 Å². The lowest BCUT2D eigenvalue weighted by Gasteiger charge is -2.28. The molecule has 0 unspecified atom stereocenters. The number of hydrogen-bond acceptors (Lipinski definition) is 6. The summed E-state index contributed by atoms with van der Waals surface area (Å²) in [4.78, 5) is 3.51. The molecule has 1 aliphatic rings. The lowest BCUT2D eigenvalue weighted by atomic mass is 10.1. The summed E-state index contributed by atoms with van der Waals surface area (Å²) in [7, 11) is 0. The molecule has 0 bridgehead atoms. The minimum absolute atomic E-state index is 0.147. The zero-order valence-electron chi connectivity index (χ0n) is 12.3. The Balaban J connectivity index is 1.57. The van der Waals surface area contributed by atoms with Crippen LogP contribution in [0.3, 0.4) is 0 Å². The van der Waals surface area contributed by atoms with Crippen LogP contribution < -0.4 is 0 Å². The van der Waals surface area contributed by atoms with Crippen molar-refractivity contribution in [3.05, 3.63) is 45.8 Å². The molecule has 4 nitrogen and oxygen atoms in total. The molecule has 0 amide bonds. The van der Waals surface area contributed by atoms with Gasteiger partial charge in [-0.15, -0.1) is 21.5 Å². The molecule has 0 N–H and O–H groups in total. The minimum Gasteiger partial charge on any atom is -0.418 e. The summed E-state index contributed by atoms with van der Waals surface area (Å²) in [5.41, 5.74) is 1.41. The number of nitrogens with zero attached hydrogens (tertiary/aromatic N) is 3. The third kappa shape index (κ3) is 2.51. The zero-order chi connectivity index (χ0) is 14.9. The maximum absolute atomic E-state index is 5.92. The topological polar surface area (TPSA) is 42.2 Å². The number of likely N-dealkylation sites (tertiary alicyclic amines) is 1. The van der Waals surface area contributed by atoms with Gasteiger partial charge in [-0.25, -0.2) is 0 Å². The molecule has 1 fully saturated rings. The van der Waals surface area contributed by atoms with Gasteiger partial charge in [0.25, 0.3) is 5.89 Å². The average molecular weight is 331 g/mol. The molecule has 0 aliphatic carbocycles. The summed E-state index contributed by atoms with van der Waals surface area (Å²) in [5.74, 6) is 1.34. The molecule has 0 saturated carbocycles. The fourth-order valence-corrected chi connectivity index (χ4v) is 4.47. The molecule has 6 heteroatoms. The quantitative estimate of drug-likeness (QED) is 0.691. The first-order valence-corrected chi connectivity index (χ1v) is 9.30. The molecule has 2 atom stereocenters. The summed E-state index contributed by atoms with van der Waals surface area (Å²) in [6.45, 7) is 3.24. The highest BCUT2D eigenvalue weighted by atomic mass is 32.1. The largest absolute Gasteiger partial charge is 0.418 e. The summed E-state index contributed by atoms with van der Waals surface area (Å²) >= 11 is 3.39. The van der Waals surface area contributed by atoms with Crippen molar-refractivity contribution in [1.29, 1.82) is 0 Å². The van der Waals surface area contributed by atoms with Crippen LogP contribution in [-0.2, 0) is 0 Å². The Labute approximate surface area is 137 Å². The molecule has 3 aromatic rings. The van der Waals surface area contributed by atoms with E-state index in [9.17, 15) is 0 Å². The Morgan fingerprint density at radius 1 is 1.32 bits per heavy atom. The summed E-state index contributed by atoms with van der Waals surface area (Å²) in [5, 5.41) is 14.9. The van der Waals surface area contributed by atoms with E-state index >= 15 is 0 Å². The molecule has 0 radical (unpaired) electrons. The van der Waals surface area contributed by atoms with Crippen molar-refractivity contribution in [2.75, 3.05) is 6.54 Å². The van der Waals surface area contributed by atoms with Gasteiger partial charge in [-0.1, -0.05) is 6.07 Å². The molecule has 1 aliphatic heterocycles. The van der Waals surface area contributed by atoms with Crippen LogP contribution in [0.1, 0.15) is 43.3 Å². The maximum atomic E-state index is 5.92. The fourth-order valence-electron chi connectivity index (χ4n) is 3.12. The molecular formula is C16H17N3OS2. The van der Waals surface area contributed by atoms with E-state index in [1.54, 1.807) is 22.7 Å². The summed E-state index contributed by atoms with van der Waals surface area (Å²) < 4.78 is 5.92. The van der Waals surface area contributed by atoms with Gasteiger partial charge in [0, 0.05) is 6.04 Å². The van der Waals surface area contributed by atoms with Crippen molar-refractivity contribution in [3.63, 3.8) is 0 Å². The van der Waals surface area contributed by atoms with Crippen LogP contribution in [0.25, 0.3) is 10.8 Å². The van der Waals surface area contributed by atoms with Crippen LogP contribution in [-0.4, -0.2) is 21.6 Å². The van der Waals surface area contributed by atoms with E-state index in [0.29, 0.717) is 17.8 Å². The maximum Gasteiger partial charge on any atom is 0.257 e. The second kappa shape index (κ2) is 5.95. The normalized spacial score (nSPS) is 20.5. The summed E-state index contributed by atoms with van der Waals surface area (Å²) in [6, 6.07) is 6.86. The van der Waals surface area contributed by atoms with Gasteiger partial charge in [0.05, 0.1) is 10.9 Å². The van der Waals surface area contributed by atoms with Crippen molar-refractivity contribution >= 4 is 22.7 Å². The molecule has 0 aromatic carbocycles. The predicted octanol–water partition coefficient (Wildman–Crippen LogP) is 4.76. The van der Waals surface area contributed by atoms with Gasteiger partial charge in [0.2, 0.25) is 5.89 Å². The van der Waals surface area contributed by atoms with Gasteiger partial charge in [-0.2, -0.15) is 11.3 Å². The van der Waals surface area contributed by atoms with Gasteiger partial charge in [-0.05, 0) is 60.1 Å². The molecule has 0 spiro atoms. The van der Waals surface area contributed by atoms with E-state index in [4.69, 9.17) is 4.42 Å². The van der Waals surface area contributed by atoms with Crippen LogP contribution >= 0.6 is 22.7 Å². The number of rotatable bonds is 4. The molecule has 1 saturated heterocycles. The molecule has 4 heterocycles. The molecule has 114 valence electrons.